The van der Waals surface area contributed by atoms with Crippen LogP contribution < -0.4 is 11.1 Å². The third-order valence-electron chi connectivity index (χ3n) is 3.63. The molecule has 0 radical (unpaired) electrons. The molecule has 1 heterocycles. The van der Waals surface area contributed by atoms with Gasteiger partial charge >= 0.3 is 0 Å². The molecule has 1 saturated carbocycles. The number of amides is 1. The average molecular weight is 296 g/mol. The fourth-order valence-electron chi connectivity index (χ4n) is 2.63. The zero-order valence-electron chi connectivity index (χ0n) is 10.9. The maximum Gasteiger partial charge on any atom is 0.220 e. The first-order valence-corrected chi connectivity index (χ1v) is 8.06. The van der Waals surface area contributed by atoms with E-state index in [9.17, 15) is 4.79 Å². The molecule has 0 aliphatic heterocycles. The number of rotatable bonds is 6. The lowest BCUT2D eigenvalue weighted by Gasteiger charge is -2.19. The van der Waals surface area contributed by atoms with E-state index in [0.717, 1.165) is 32.1 Å². The third-order valence-corrected chi connectivity index (χ3v) is 4.87. The highest BCUT2D eigenvalue weighted by Gasteiger charge is 2.30. The first-order valence-electron chi connectivity index (χ1n) is 6.78. The van der Waals surface area contributed by atoms with Crippen molar-refractivity contribution in [1.29, 1.82) is 0 Å². The number of aryl methyl sites for hydroxylation is 1. The molecule has 1 aromatic heterocycles. The van der Waals surface area contributed by atoms with E-state index in [-0.39, 0.29) is 17.9 Å². The van der Waals surface area contributed by atoms with E-state index in [4.69, 9.17) is 18.0 Å². The molecule has 104 valence electrons. The lowest BCUT2D eigenvalue weighted by molar-refractivity contribution is -0.121. The lowest BCUT2D eigenvalue weighted by atomic mass is 10.0. The van der Waals surface area contributed by atoms with Gasteiger partial charge in [-0.1, -0.05) is 24.7 Å². The van der Waals surface area contributed by atoms with E-state index in [1.807, 2.05) is 6.07 Å². The van der Waals surface area contributed by atoms with Gasteiger partial charge in [0.2, 0.25) is 5.91 Å². The van der Waals surface area contributed by atoms with Crippen LogP contribution in [0.1, 0.15) is 37.0 Å². The van der Waals surface area contributed by atoms with Gasteiger partial charge in [-0.05, 0) is 37.1 Å². The van der Waals surface area contributed by atoms with Crippen LogP contribution in [0.5, 0.6) is 0 Å². The van der Waals surface area contributed by atoms with Crippen LogP contribution >= 0.6 is 23.6 Å². The minimum Gasteiger partial charge on any atom is -0.393 e. The molecule has 0 bridgehead atoms. The highest BCUT2D eigenvalue weighted by molar-refractivity contribution is 7.80. The van der Waals surface area contributed by atoms with E-state index < -0.39 is 0 Å². The molecule has 0 aromatic carbocycles. The van der Waals surface area contributed by atoms with Crippen molar-refractivity contribution in [2.24, 2.45) is 11.7 Å². The van der Waals surface area contributed by atoms with Crippen LogP contribution in [0.3, 0.4) is 0 Å². The Labute approximate surface area is 123 Å². The summed E-state index contributed by atoms with van der Waals surface area (Å²) in [6, 6.07) is 4.32. The summed E-state index contributed by atoms with van der Waals surface area (Å²) < 4.78 is 0. The Morgan fingerprint density at radius 1 is 1.53 bits per heavy atom. The van der Waals surface area contributed by atoms with Crippen LogP contribution in [-0.4, -0.2) is 16.9 Å². The quantitative estimate of drug-likeness (QED) is 0.794. The van der Waals surface area contributed by atoms with Gasteiger partial charge in [0.05, 0.1) is 4.99 Å². The van der Waals surface area contributed by atoms with Crippen molar-refractivity contribution in [2.45, 2.75) is 44.6 Å². The Hall–Kier alpha value is -0.940. The molecule has 5 heteroatoms. The number of hydrogen-bond donors (Lipinski definition) is 2. The van der Waals surface area contributed by atoms with Crippen molar-refractivity contribution in [3.8, 4) is 0 Å². The predicted octanol–water partition coefficient (Wildman–Crippen LogP) is 2.64. The zero-order valence-corrected chi connectivity index (χ0v) is 12.6. The Balaban J connectivity index is 1.70. The van der Waals surface area contributed by atoms with Gasteiger partial charge in [-0.3, -0.25) is 4.79 Å². The van der Waals surface area contributed by atoms with Crippen LogP contribution in [0.25, 0.3) is 0 Å². The average Bonchev–Trinajstić information content (AvgIpc) is 2.99. The minimum atomic E-state index is 0.129. The summed E-state index contributed by atoms with van der Waals surface area (Å²) in [7, 11) is 0. The number of carbonyl (C=O) groups excluding carboxylic acids is 1. The molecular formula is C14H20N2OS2. The van der Waals surface area contributed by atoms with Gasteiger partial charge in [-0.2, -0.15) is 0 Å². The van der Waals surface area contributed by atoms with Crippen molar-refractivity contribution in [2.75, 3.05) is 0 Å². The number of carbonyl (C=O) groups is 1. The molecule has 3 N–H and O–H groups in total. The largest absolute Gasteiger partial charge is 0.393 e. The second-order valence-corrected chi connectivity index (χ2v) is 6.55. The Bertz CT molecular complexity index is 431. The summed E-state index contributed by atoms with van der Waals surface area (Å²) >= 11 is 6.80. The summed E-state index contributed by atoms with van der Waals surface area (Å²) in [5.74, 6) is 0.320. The molecule has 1 aromatic rings. The van der Waals surface area contributed by atoms with Gasteiger partial charge in [-0.15, -0.1) is 11.3 Å². The molecular weight excluding hydrogens is 276 g/mol. The van der Waals surface area contributed by atoms with Crippen LogP contribution in [0.2, 0.25) is 0 Å². The van der Waals surface area contributed by atoms with Gasteiger partial charge in [0, 0.05) is 23.3 Å². The van der Waals surface area contributed by atoms with E-state index >= 15 is 0 Å². The zero-order chi connectivity index (χ0) is 13.7. The first-order chi connectivity index (χ1) is 9.16. The van der Waals surface area contributed by atoms with Gasteiger partial charge in [0.1, 0.15) is 0 Å². The van der Waals surface area contributed by atoms with Gasteiger partial charge in [-0.25, -0.2) is 0 Å². The molecule has 1 aliphatic rings. The van der Waals surface area contributed by atoms with Gasteiger partial charge < -0.3 is 11.1 Å². The highest BCUT2D eigenvalue weighted by atomic mass is 32.1. The van der Waals surface area contributed by atoms with Crippen LogP contribution in [0.15, 0.2) is 17.5 Å². The maximum atomic E-state index is 11.9. The summed E-state index contributed by atoms with van der Waals surface area (Å²) in [6.07, 6.45) is 5.57. The normalized spacial score (nSPS) is 22.3. The summed E-state index contributed by atoms with van der Waals surface area (Å²) in [5, 5.41) is 5.16. The second-order valence-electron chi connectivity index (χ2n) is 5.05. The maximum absolute atomic E-state index is 11.9. The molecule has 3 nitrogen and oxygen atoms in total. The Morgan fingerprint density at radius 3 is 3.05 bits per heavy atom. The minimum absolute atomic E-state index is 0.129. The molecule has 2 unspecified atom stereocenters. The number of hydrogen-bond acceptors (Lipinski definition) is 3. The Morgan fingerprint density at radius 2 is 2.37 bits per heavy atom. The monoisotopic (exact) mass is 296 g/mol. The van der Waals surface area contributed by atoms with E-state index in [1.165, 1.54) is 4.88 Å². The SMILES string of the molecule is NC(=S)C1CCCC1NC(=O)CCCc1cccs1. The van der Waals surface area contributed by atoms with Crippen molar-refractivity contribution in [3.05, 3.63) is 22.4 Å². The van der Waals surface area contributed by atoms with Gasteiger partial charge in [0.15, 0.2) is 0 Å². The summed E-state index contributed by atoms with van der Waals surface area (Å²) in [4.78, 5) is 13.8. The number of thiocarbonyl (C=S) groups is 1. The van der Waals surface area contributed by atoms with Crippen LogP contribution in [0.4, 0.5) is 0 Å². The van der Waals surface area contributed by atoms with Crippen molar-refractivity contribution in [3.63, 3.8) is 0 Å². The van der Waals surface area contributed by atoms with Crippen LogP contribution in [-0.2, 0) is 11.2 Å². The topological polar surface area (TPSA) is 55.1 Å². The fraction of sp³-hybridized carbons (Fsp3) is 0.571. The summed E-state index contributed by atoms with van der Waals surface area (Å²) in [6.45, 7) is 0. The van der Waals surface area contributed by atoms with Crippen LogP contribution in [0, 0.1) is 5.92 Å². The van der Waals surface area contributed by atoms with E-state index in [0.29, 0.717) is 11.4 Å². The highest BCUT2D eigenvalue weighted by Crippen LogP contribution is 2.26. The molecule has 1 fully saturated rings. The molecule has 2 rings (SSSR count). The third kappa shape index (κ3) is 4.28. The predicted molar refractivity (Wildman–Crippen MR) is 83.3 cm³/mol. The number of nitrogens with two attached hydrogens (primary N) is 1. The molecule has 0 saturated heterocycles. The molecule has 19 heavy (non-hydrogen) atoms. The van der Waals surface area contributed by atoms with Crippen molar-refractivity contribution < 1.29 is 4.79 Å². The van der Waals surface area contributed by atoms with Crippen molar-refractivity contribution in [1.82, 2.24) is 5.32 Å². The standard InChI is InChI=1S/C14H20N2OS2/c15-14(18)11-6-2-7-12(11)16-13(17)8-1-4-10-5-3-9-19-10/h3,5,9,11-12H,1-2,4,6-8H2,(H2,15,18)(H,16,17). The molecule has 1 amide bonds. The number of thiophene rings is 1. The second kappa shape index (κ2) is 7.01. The molecule has 1 aliphatic carbocycles. The van der Waals surface area contributed by atoms with E-state index in [2.05, 4.69) is 16.8 Å². The first kappa shape index (κ1) is 14.5. The van der Waals surface area contributed by atoms with E-state index in [1.54, 1.807) is 11.3 Å². The smallest absolute Gasteiger partial charge is 0.220 e. The Kier molecular flexibility index (Phi) is 5.34. The number of nitrogens with one attached hydrogen (secondary N) is 1. The fourth-order valence-corrected chi connectivity index (χ4v) is 3.66. The lowest BCUT2D eigenvalue weighted by Crippen LogP contribution is -2.41. The summed E-state index contributed by atoms with van der Waals surface area (Å²) in [5.41, 5.74) is 5.71. The van der Waals surface area contributed by atoms with Gasteiger partial charge in [0.25, 0.3) is 0 Å². The molecule has 0 spiro atoms. The van der Waals surface area contributed by atoms with Crippen molar-refractivity contribution >= 4 is 34.5 Å². The molecule has 2 atom stereocenters.